The summed E-state index contributed by atoms with van der Waals surface area (Å²) >= 11 is 7.10. The third kappa shape index (κ3) is 5.95. The summed E-state index contributed by atoms with van der Waals surface area (Å²) in [5.41, 5.74) is 6.83. The van der Waals surface area contributed by atoms with E-state index in [0.29, 0.717) is 40.9 Å². The Morgan fingerprint density at radius 3 is 2.58 bits per heavy atom. The van der Waals surface area contributed by atoms with Gasteiger partial charge in [0, 0.05) is 54.5 Å². The average molecular weight is 627 g/mol. The summed E-state index contributed by atoms with van der Waals surface area (Å²) < 4.78 is 6.95. The molecule has 45 heavy (non-hydrogen) atoms. The van der Waals surface area contributed by atoms with E-state index >= 15 is 0 Å². The summed E-state index contributed by atoms with van der Waals surface area (Å²) in [4.78, 5) is 42.2. The molecule has 232 valence electrons. The zero-order valence-electron chi connectivity index (χ0n) is 25.7. The van der Waals surface area contributed by atoms with Gasteiger partial charge in [0.05, 0.1) is 23.5 Å². The number of hydrogen-bond donors (Lipinski definition) is 3. The standard InChI is InChI=1S/C34H35ClN6O4/c1-18-15-25(34(44)41(3)40-18)32(43)38-26-10-6-7-22(19(26)2)23-8-5-9-24(31(23)35)28-16-20-11-13-27(30(20)33(39-28)45-4)36-17-21-12-14-29(42)37-21/h5-10,15-16,21,27,36H,11-14,17H2,1-4H3,(H,37,42)(H,38,43). The Labute approximate surface area is 266 Å². The highest BCUT2D eigenvalue weighted by Crippen LogP contribution is 2.43. The summed E-state index contributed by atoms with van der Waals surface area (Å²) in [6, 6.07) is 15.2. The Kier molecular flexibility index (Phi) is 8.44. The lowest BCUT2D eigenvalue weighted by Crippen LogP contribution is -2.36. The van der Waals surface area contributed by atoms with E-state index in [1.165, 1.54) is 13.1 Å². The van der Waals surface area contributed by atoms with Crippen molar-refractivity contribution in [3.63, 3.8) is 0 Å². The number of nitrogens with zero attached hydrogens (tertiary/aromatic N) is 3. The van der Waals surface area contributed by atoms with E-state index in [9.17, 15) is 14.4 Å². The minimum atomic E-state index is -0.503. The van der Waals surface area contributed by atoms with Gasteiger partial charge in [-0.25, -0.2) is 9.67 Å². The predicted octanol–water partition coefficient (Wildman–Crippen LogP) is 4.90. The largest absolute Gasteiger partial charge is 0.481 e. The van der Waals surface area contributed by atoms with Crippen LogP contribution < -0.4 is 26.2 Å². The van der Waals surface area contributed by atoms with Gasteiger partial charge in [0.15, 0.2) is 0 Å². The maximum absolute atomic E-state index is 13.1. The molecule has 1 fully saturated rings. The highest BCUT2D eigenvalue weighted by molar-refractivity contribution is 6.36. The van der Waals surface area contributed by atoms with E-state index < -0.39 is 11.5 Å². The maximum atomic E-state index is 13.1. The lowest BCUT2D eigenvalue weighted by atomic mass is 9.96. The van der Waals surface area contributed by atoms with Crippen LogP contribution in [-0.4, -0.2) is 46.3 Å². The molecule has 0 radical (unpaired) electrons. The predicted molar refractivity (Wildman–Crippen MR) is 174 cm³/mol. The molecule has 1 aliphatic heterocycles. The van der Waals surface area contributed by atoms with Crippen LogP contribution in [0.3, 0.4) is 0 Å². The quantitative estimate of drug-likeness (QED) is 0.254. The Hall–Kier alpha value is -4.54. The van der Waals surface area contributed by atoms with Gasteiger partial charge in [0.25, 0.3) is 11.5 Å². The van der Waals surface area contributed by atoms with Gasteiger partial charge in [-0.15, -0.1) is 0 Å². The first-order valence-corrected chi connectivity index (χ1v) is 15.4. The highest BCUT2D eigenvalue weighted by atomic mass is 35.5. The maximum Gasteiger partial charge on any atom is 0.279 e. The van der Waals surface area contributed by atoms with Gasteiger partial charge in [-0.1, -0.05) is 41.9 Å². The van der Waals surface area contributed by atoms with Crippen molar-refractivity contribution < 1.29 is 14.3 Å². The van der Waals surface area contributed by atoms with Crippen molar-refractivity contribution in [2.75, 3.05) is 19.0 Å². The van der Waals surface area contributed by atoms with Gasteiger partial charge in [0.1, 0.15) is 5.56 Å². The van der Waals surface area contributed by atoms with E-state index in [1.807, 2.05) is 37.3 Å². The number of aromatic nitrogens is 3. The molecule has 1 aliphatic carbocycles. The molecule has 2 aromatic carbocycles. The van der Waals surface area contributed by atoms with Crippen molar-refractivity contribution in [3.8, 4) is 28.3 Å². The van der Waals surface area contributed by atoms with Crippen molar-refractivity contribution in [1.29, 1.82) is 0 Å². The second kappa shape index (κ2) is 12.5. The molecule has 11 heteroatoms. The molecule has 4 aromatic rings. The number of fused-ring (bicyclic) bond motifs is 1. The molecule has 2 aromatic heterocycles. The smallest absolute Gasteiger partial charge is 0.279 e. The first kappa shape index (κ1) is 30.5. The van der Waals surface area contributed by atoms with Crippen molar-refractivity contribution in [1.82, 2.24) is 25.4 Å². The fourth-order valence-electron chi connectivity index (χ4n) is 6.33. The van der Waals surface area contributed by atoms with Crippen LogP contribution in [-0.2, 0) is 18.3 Å². The monoisotopic (exact) mass is 626 g/mol. The van der Waals surface area contributed by atoms with E-state index in [0.717, 1.165) is 57.3 Å². The van der Waals surface area contributed by atoms with E-state index in [-0.39, 0.29) is 23.6 Å². The molecule has 3 N–H and O–H groups in total. The molecular formula is C34H35ClN6O4. The van der Waals surface area contributed by atoms with Crippen molar-refractivity contribution >= 4 is 29.1 Å². The molecule has 2 atom stereocenters. The topological polar surface area (TPSA) is 127 Å². The van der Waals surface area contributed by atoms with Crippen LogP contribution in [0.1, 0.15) is 58.0 Å². The summed E-state index contributed by atoms with van der Waals surface area (Å²) in [5.74, 6) is 0.166. The van der Waals surface area contributed by atoms with Crippen LogP contribution in [0.25, 0.3) is 22.4 Å². The SMILES string of the molecule is COc1nc(-c2cccc(-c3cccc(NC(=O)c4cc(C)nn(C)c4=O)c3C)c2Cl)cc2c1C(NCC1CCC(=O)N1)CC2. The molecule has 2 amide bonds. The zero-order chi connectivity index (χ0) is 31.8. The molecule has 3 heterocycles. The molecule has 0 saturated carbocycles. The Morgan fingerprint density at radius 2 is 1.82 bits per heavy atom. The summed E-state index contributed by atoms with van der Waals surface area (Å²) in [6.45, 7) is 4.34. The number of carbonyl (C=O) groups excluding carboxylic acids is 2. The van der Waals surface area contributed by atoms with E-state index in [4.69, 9.17) is 21.3 Å². The second-order valence-electron chi connectivity index (χ2n) is 11.6. The summed E-state index contributed by atoms with van der Waals surface area (Å²) in [6.07, 6.45) is 3.20. The molecule has 2 unspecified atom stereocenters. The molecule has 10 nitrogen and oxygen atoms in total. The molecule has 0 bridgehead atoms. The average Bonchev–Trinajstić information content (AvgIpc) is 3.64. The number of anilines is 1. The van der Waals surface area contributed by atoms with Crippen molar-refractivity contribution in [2.45, 2.75) is 51.6 Å². The minimum Gasteiger partial charge on any atom is -0.481 e. The van der Waals surface area contributed by atoms with Crippen molar-refractivity contribution in [2.24, 2.45) is 7.05 Å². The number of rotatable bonds is 8. The number of halogens is 1. The Bertz CT molecular complexity index is 1890. The molecule has 2 aliphatic rings. The lowest BCUT2D eigenvalue weighted by Gasteiger charge is -2.20. The van der Waals surface area contributed by atoms with Crippen LogP contribution >= 0.6 is 11.6 Å². The van der Waals surface area contributed by atoms with Gasteiger partial charge in [-0.05, 0) is 68.0 Å². The number of benzene rings is 2. The number of methoxy groups -OCH3 is 1. The van der Waals surface area contributed by atoms with Crippen LogP contribution in [0.5, 0.6) is 5.88 Å². The second-order valence-corrected chi connectivity index (χ2v) is 12.0. The normalized spacial score (nSPS) is 17.2. The first-order valence-electron chi connectivity index (χ1n) is 15.0. The molecule has 1 saturated heterocycles. The highest BCUT2D eigenvalue weighted by Gasteiger charge is 2.30. The third-order valence-electron chi connectivity index (χ3n) is 8.63. The number of amides is 2. The molecule has 0 spiro atoms. The van der Waals surface area contributed by atoms with Gasteiger partial charge in [-0.2, -0.15) is 5.10 Å². The Balaban J connectivity index is 1.29. The van der Waals surface area contributed by atoms with Crippen LogP contribution in [0.2, 0.25) is 5.02 Å². The van der Waals surface area contributed by atoms with Gasteiger partial charge in [0.2, 0.25) is 11.8 Å². The number of carbonyl (C=O) groups is 2. The minimum absolute atomic E-state index is 0.0224. The van der Waals surface area contributed by atoms with Gasteiger partial charge >= 0.3 is 0 Å². The number of aryl methyl sites for hydroxylation is 3. The fraction of sp³-hybridized carbons (Fsp3) is 0.324. The van der Waals surface area contributed by atoms with Crippen molar-refractivity contribution in [3.05, 3.63) is 91.9 Å². The first-order chi connectivity index (χ1) is 21.6. The third-order valence-corrected chi connectivity index (χ3v) is 9.03. The van der Waals surface area contributed by atoms with Gasteiger partial charge in [-0.3, -0.25) is 14.4 Å². The molecule has 6 rings (SSSR count). The Morgan fingerprint density at radius 1 is 1.07 bits per heavy atom. The number of ether oxygens (including phenoxy) is 1. The lowest BCUT2D eigenvalue weighted by molar-refractivity contribution is -0.119. The fourth-order valence-corrected chi connectivity index (χ4v) is 6.65. The summed E-state index contributed by atoms with van der Waals surface area (Å²) in [5, 5.41) is 14.1. The number of pyridine rings is 1. The number of hydrogen-bond acceptors (Lipinski definition) is 7. The van der Waals surface area contributed by atoms with Crippen LogP contribution in [0, 0.1) is 13.8 Å². The molecular weight excluding hydrogens is 592 g/mol. The zero-order valence-corrected chi connectivity index (χ0v) is 26.4. The van der Waals surface area contributed by atoms with Crippen LogP contribution in [0.15, 0.2) is 53.3 Å². The van der Waals surface area contributed by atoms with E-state index in [2.05, 4.69) is 27.1 Å². The van der Waals surface area contributed by atoms with Crippen LogP contribution in [0.4, 0.5) is 5.69 Å². The van der Waals surface area contributed by atoms with Gasteiger partial charge < -0.3 is 20.7 Å². The summed E-state index contributed by atoms with van der Waals surface area (Å²) in [7, 11) is 3.15. The van der Waals surface area contributed by atoms with E-state index in [1.54, 1.807) is 20.1 Å². The number of nitrogens with one attached hydrogen (secondary N) is 3.